The first-order valence-electron chi connectivity index (χ1n) is 10.3. The number of hydrogen-bond acceptors (Lipinski definition) is 5. The minimum absolute atomic E-state index is 0.0385. The Balaban J connectivity index is 1.45. The number of carbonyl (C=O) groups is 1. The molecule has 1 aromatic heterocycles. The molecule has 8 heteroatoms. The molecule has 1 heterocycles. The Bertz CT molecular complexity index is 1340. The maximum absolute atomic E-state index is 12.8. The van der Waals surface area contributed by atoms with E-state index in [9.17, 15) is 4.79 Å². The number of rotatable bonds is 6. The molecule has 0 radical (unpaired) electrons. The van der Waals surface area contributed by atoms with Gasteiger partial charge in [0.05, 0.1) is 18.1 Å². The largest absolute Gasteiger partial charge is 0.497 e. The highest BCUT2D eigenvalue weighted by atomic mass is 32.1. The number of hydrogen-bond donors (Lipinski definition) is 3. The molecule has 0 spiro atoms. The maximum Gasteiger partial charge on any atom is 0.193 e. The summed E-state index contributed by atoms with van der Waals surface area (Å²) < 4.78 is 5.15. The molecule has 0 amide bonds. The number of thiocarbonyl (C=S) groups is 1. The summed E-state index contributed by atoms with van der Waals surface area (Å²) in [6.45, 7) is 3.81. The minimum Gasteiger partial charge on any atom is -0.497 e. The summed E-state index contributed by atoms with van der Waals surface area (Å²) in [6, 6.07) is 20.4. The number of hydrazone groups is 1. The normalized spacial score (nSPS) is 11.3. The lowest BCUT2D eigenvalue weighted by Gasteiger charge is -2.08. The molecular weight excluding hydrogens is 434 g/mol. The second kappa shape index (κ2) is 9.62. The van der Waals surface area contributed by atoms with Gasteiger partial charge in [0.2, 0.25) is 0 Å². The molecule has 0 aliphatic rings. The first kappa shape index (κ1) is 22.2. The average molecular weight is 458 g/mol. The first-order valence-corrected chi connectivity index (χ1v) is 10.7. The molecule has 0 bridgehead atoms. The molecule has 4 aromatic rings. The standard InChI is InChI=1S/C25H23N5O2S/c1-15-4-6-17(7-5-15)23(31)18-8-13-21-22(14-18)28-24(27-21)16(2)29-30-25(33)26-19-9-11-20(32-3)12-10-19/h4-14H,1-3H3,(H,27,28)(H2,26,30,33)/b29-16+. The molecule has 0 fully saturated rings. The van der Waals surface area contributed by atoms with Gasteiger partial charge in [0.25, 0.3) is 0 Å². The topological polar surface area (TPSA) is 91.4 Å². The molecule has 0 saturated heterocycles. The Labute approximate surface area is 196 Å². The van der Waals surface area contributed by atoms with Gasteiger partial charge in [-0.25, -0.2) is 4.98 Å². The van der Waals surface area contributed by atoms with Crippen LogP contribution in [0.3, 0.4) is 0 Å². The van der Waals surface area contributed by atoms with Crippen molar-refractivity contribution >= 4 is 45.5 Å². The lowest BCUT2D eigenvalue weighted by atomic mass is 10.0. The van der Waals surface area contributed by atoms with Crippen LogP contribution in [-0.2, 0) is 0 Å². The Morgan fingerprint density at radius 2 is 1.73 bits per heavy atom. The van der Waals surface area contributed by atoms with Crippen molar-refractivity contribution in [2.75, 3.05) is 12.4 Å². The summed E-state index contributed by atoms with van der Waals surface area (Å²) in [5.41, 5.74) is 8.11. The van der Waals surface area contributed by atoms with Crippen LogP contribution in [0.2, 0.25) is 0 Å². The quantitative estimate of drug-likeness (QED) is 0.166. The Hall–Kier alpha value is -4.04. The molecule has 0 aliphatic heterocycles. The summed E-state index contributed by atoms with van der Waals surface area (Å²) >= 11 is 5.30. The Kier molecular flexibility index (Phi) is 6.46. The van der Waals surface area contributed by atoms with Crippen molar-refractivity contribution in [1.82, 2.24) is 15.4 Å². The number of ketones is 1. The van der Waals surface area contributed by atoms with Gasteiger partial charge < -0.3 is 15.0 Å². The predicted octanol–water partition coefficient (Wildman–Crippen LogP) is 4.82. The molecule has 3 aromatic carbocycles. The zero-order valence-corrected chi connectivity index (χ0v) is 19.3. The summed E-state index contributed by atoms with van der Waals surface area (Å²) in [5.74, 6) is 1.31. The van der Waals surface area contributed by atoms with E-state index in [0.29, 0.717) is 33.3 Å². The highest BCUT2D eigenvalue weighted by molar-refractivity contribution is 7.80. The number of nitrogens with zero attached hydrogens (tertiary/aromatic N) is 2. The number of methoxy groups -OCH3 is 1. The highest BCUT2D eigenvalue weighted by Gasteiger charge is 2.12. The van der Waals surface area contributed by atoms with Crippen LogP contribution >= 0.6 is 12.2 Å². The van der Waals surface area contributed by atoms with Crippen LogP contribution in [0.15, 0.2) is 71.8 Å². The molecule has 0 atom stereocenters. The number of benzene rings is 3. The monoisotopic (exact) mass is 457 g/mol. The fourth-order valence-corrected chi connectivity index (χ4v) is 3.37. The zero-order chi connectivity index (χ0) is 23.4. The van der Waals surface area contributed by atoms with E-state index in [0.717, 1.165) is 22.5 Å². The van der Waals surface area contributed by atoms with E-state index in [2.05, 4.69) is 25.8 Å². The van der Waals surface area contributed by atoms with Crippen LogP contribution in [0.5, 0.6) is 5.75 Å². The Morgan fingerprint density at radius 3 is 2.42 bits per heavy atom. The summed E-state index contributed by atoms with van der Waals surface area (Å²) in [7, 11) is 1.62. The zero-order valence-electron chi connectivity index (χ0n) is 18.5. The number of fused-ring (bicyclic) bond motifs is 1. The van der Waals surface area contributed by atoms with Crippen LogP contribution in [0.25, 0.3) is 11.0 Å². The number of ether oxygens (including phenoxy) is 1. The summed E-state index contributed by atoms with van der Waals surface area (Å²) in [4.78, 5) is 20.6. The lowest BCUT2D eigenvalue weighted by molar-refractivity contribution is 0.103. The average Bonchev–Trinajstić information content (AvgIpc) is 3.26. The second-order valence-corrected chi connectivity index (χ2v) is 7.91. The van der Waals surface area contributed by atoms with Crippen molar-refractivity contribution in [3.63, 3.8) is 0 Å². The summed E-state index contributed by atoms with van der Waals surface area (Å²) in [6.07, 6.45) is 0. The molecular formula is C25H23N5O2S. The molecule has 3 N–H and O–H groups in total. The summed E-state index contributed by atoms with van der Waals surface area (Å²) in [5, 5.41) is 7.71. The van der Waals surface area contributed by atoms with Gasteiger partial charge in [-0.05, 0) is 68.5 Å². The molecule has 4 rings (SSSR count). The van der Waals surface area contributed by atoms with Crippen molar-refractivity contribution in [3.8, 4) is 5.75 Å². The van der Waals surface area contributed by atoms with Crippen LogP contribution < -0.4 is 15.5 Å². The molecule has 0 unspecified atom stereocenters. The third kappa shape index (κ3) is 5.24. The van der Waals surface area contributed by atoms with Gasteiger partial charge in [-0.15, -0.1) is 0 Å². The van der Waals surface area contributed by atoms with Crippen LogP contribution in [0.4, 0.5) is 5.69 Å². The van der Waals surface area contributed by atoms with Crippen molar-refractivity contribution in [2.24, 2.45) is 5.10 Å². The van der Waals surface area contributed by atoms with Gasteiger partial charge in [0, 0.05) is 16.8 Å². The van der Waals surface area contributed by atoms with E-state index in [-0.39, 0.29) is 5.78 Å². The number of imidazole rings is 1. The number of anilines is 1. The van der Waals surface area contributed by atoms with E-state index in [1.807, 2.05) is 68.4 Å². The van der Waals surface area contributed by atoms with Crippen LogP contribution in [-0.4, -0.2) is 33.7 Å². The van der Waals surface area contributed by atoms with Gasteiger partial charge >= 0.3 is 0 Å². The van der Waals surface area contributed by atoms with E-state index in [1.54, 1.807) is 19.2 Å². The van der Waals surface area contributed by atoms with Crippen molar-refractivity contribution in [3.05, 3.63) is 89.2 Å². The fourth-order valence-electron chi connectivity index (χ4n) is 3.21. The SMILES string of the molecule is COc1ccc(NC(=S)N/N=C(\C)c2nc3cc(C(=O)c4ccc(C)cc4)ccc3[nH]2)cc1. The maximum atomic E-state index is 12.8. The minimum atomic E-state index is -0.0385. The molecule has 33 heavy (non-hydrogen) atoms. The van der Waals surface area contributed by atoms with Crippen molar-refractivity contribution in [2.45, 2.75) is 13.8 Å². The molecule has 0 saturated carbocycles. The third-order valence-electron chi connectivity index (χ3n) is 5.07. The van der Waals surface area contributed by atoms with Crippen molar-refractivity contribution < 1.29 is 9.53 Å². The third-order valence-corrected chi connectivity index (χ3v) is 5.27. The van der Waals surface area contributed by atoms with Gasteiger partial charge in [0.15, 0.2) is 16.7 Å². The van der Waals surface area contributed by atoms with E-state index in [4.69, 9.17) is 17.0 Å². The van der Waals surface area contributed by atoms with Crippen molar-refractivity contribution in [1.29, 1.82) is 0 Å². The van der Waals surface area contributed by atoms with Gasteiger partial charge in [-0.2, -0.15) is 5.10 Å². The number of nitrogens with one attached hydrogen (secondary N) is 3. The van der Waals surface area contributed by atoms with Gasteiger partial charge in [-0.1, -0.05) is 29.8 Å². The number of H-pyrrole nitrogens is 1. The van der Waals surface area contributed by atoms with Crippen LogP contribution in [0.1, 0.15) is 34.2 Å². The second-order valence-electron chi connectivity index (χ2n) is 7.50. The lowest BCUT2D eigenvalue weighted by Crippen LogP contribution is -2.25. The van der Waals surface area contributed by atoms with Gasteiger partial charge in [-0.3, -0.25) is 10.2 Å². The highest BCUT2D eigenvalue weighted by Crippen LogP contribution is 2.18. The smallest absolute Gasteiger partial charge is 0.193 e. The van der Waals surface area contributed by atoms with Crippen LogP contribution in [0, 0.1) is 6.92 Å². The van der Waals surface area contributed by atoms with E-state index in [1.165, 1.54) is 0 Å². The fraction of sp³-hybridized carbons (Fsp3) is 0.120. The Morgan fingerprint density at radius 1 is 1.03 bits per heavy atom. The molecule has 166 valence electrons. The van der Waals surface area contributed by atoms with Gasteiger partial charge in [0.1, 0.15) is 11.5 Å². The number of aromatic amines is 1. The molecule has 7 nitrogen and oxygen atoms in total. The predicted molar refractivity (Wildman–Crippen MR) is 135 cm³/mol. The van der Waals surface area contributed by atoms with E-state index < -0.39 is 0 Å². The van der Waals surface area contributed by atoms with E-state index >= 15 is 0 Å². The molecule has 0 aliphatic carbocycles. The first-order chi connectivity index (χ1) is 15.9. The number of aromatic nitrogens is 2. The number of carbonyl (C=O) groups excluding carboxylic acids is 1. The number of aryl methyl sites for hydroxylation is 1.